The molecule has 1 aromatic heterocycles. The van der Waals surface area contributed by atoms with Gasteiger partial charge < -0.3 is 9.15 Å². The molecule has 128 valence electrons. The van der Waals surface area contributed by atoms with E-state index in [9.17, 15) is 4.79 Å². The zero-order chi connectivity index (χ0) is 17.8. The molecule has 1 heterocycles. The Hall–Kier alpha value is -2.60. The fourth-order valence-electron chi connectivity index (χ4n) is 2.24. The molecule has 3 rings (SSSR count). The van der Waals surface area contributed by atoms with Crippen LogP contribution in [-0.4, -0.2) is 28.8 Å². The summed E-state index contributed by atoms with van der Waals surface area (Å²) >= 11 is 1.24. The summed E-state index contributed by atoms with van der Waals surface area (Å²) in [5, 5.41) is 8.40. The van der Waals surface area contributed by atoms with Crippen LogP contribution in [0.4, 0.5) is 0 Å². The molecule has 25 heavy (non-hydrogen) atoms. The number of aromatic nitrogens is 2. The molecule has 0 N–H and O–H groups in total. The highest BCUT2D eigenvalue weighted by molar-refractivity contribution is 7.99. The minimum atomic E-state index is 0.0392. The highest BCUT2D eigenvalue weighted by Crippen LogP contribution is 2.25. The predicted octanol–water partition coefficient (Wildman–Crippen LogP) is 4.34. The average Bonchev–Trinajstić information content (AvgIpc) is 3.11. The fraction of sp³-hybridized carbons (Fsp3) is 0.211. The van der Waals surface area contributed by atoms with Crippen molar-refractivity contribution in [2.24, 2.45) is 0 Å². The molecule has 0 radical (unpaired) electrons. The van der Waals surface area contributed by atoms with Gasteiger partial charge in [-0.3, -0.25) is 4.79 Å². The van der Waals surface area contributed by atoms with Crippen molar-refractivity contribution in [1.29, 1.82) is 0 Å². The molecule has 2 aromatic carbocycles. The minimum absolute atomic E-state index is 0.0392. The highest BCUT2D eigenvalue weighted by atomic mass is 32.2. The summed E-state index contributed by atoms with van der Waals surface area (Å²) in [4.78, 5) is 12.3. The quantitative estimate of drug-likeness (QED) is 0.485. The third-order valence-corrected chi connectivity index (χ3v) is 4.72. The molecule has 0 aliphatic carbocycles. The first-order chi connectivity index (χ1) is 12.1. The molecule has 0 amide bonds. The first-order valence-corrected chi connectivity index (χ1v) is 8.76. The number of Topliss-reactive ketones (excluding diaryl/α,β-unsaturated/α-hetero) is 1. The number of hydrogen-bond acceptors (Lipinski definition) is 6. The maximum Gasteiger partial charge on any atom is 0.277 e. The van der Waals surface area contributed by atoms with E-state index in [1.165, 1.54) is 17.3 Å². The van der Waals surface area contributed by atoms with E-state index in [-0.39, 0.29) is 11.5 Å². The minimum Gasteiger partial charge on any atom is -0.497 e. The molecule has 3 aromatic rings. The van der Waals surface area contributed by atoms with Crippen molar-refractivity contribution in [2.45, 2.75) is 19.1 Å². The normalized spacial score (nSPS) is 10.7. The molecule has 0 bridgehead atoms. The van der Waals surface area contributed by atoms with Gasteiger partial charge in [-0.15, -0.1) is 10.2 Å². The van der Waals surface area contributed by atoms with Crippen molar-refractivity contribution < 1.29 is 13.9 Å². The lowest BCUT2D eigenvalue weighted by molar-refractivity contribution is 0.102. The van der Waals surface area contributed by atoms with Crippen molar-refractivity contribution in [1.82, 2.24) is 10.2 Å². The Morgan fingerprint density at radius 3 is 2.52 bits per heavy atom. The summed E-state index contributed by atoms with van der Waals surface area (Å²) in [6, 6.07) is 13.1. The number of nitrogens with zero attached hydrogens (tertiary/aromatic N) is 2. The number of ether oxygens (including phenoxy) is 1. The number of rotatable bonds is 6. The lowest BCUT2D eigenvalue weighted by Crippen LogP contribution is -2.03. The number of carbonyl (C=O) groups is 1. The van der Waals surface area contributed by atoms with Gasteiger partial charge in [0.25, 0.3) is 5.22 Å². The van der Waals surface area contributed by atoms with E-state index >= 15 is 0 Å². The van der Waals surface area contributed by atoms with Gasteiger partial charge in [0.05, 0.1) is 12.9 Å². The van der Waals surface area contributed by atoms with Crippen molar-refractivity contribution in [3.05, 3.63) is 59.2 Å². The first kappa shape index (κ1) is 17.2. The molecular formula is C19H18N2O3S. The number of methoxy groups -OCH3 is 1. The molecule has 0 atom stereocenters. The van der Waals surface area contributed by atoms with Crippen LogP contribution in [0.3, 0.4) is 0 Å². The van der Waals surface area contributed by atoms with E-state index < -0.39 is 0 Å². The third kappa shape index (κ3) is 4.09. The average molecular weight is 354 g/mol. The highest BCUT2D eigenvalue weighted by Gasteiger charge is 2.13. The SMILES string of the molecule is COc1ccc(-c2nnc(SCC(=O)c3ccc(C)c(C)c3)o2)cc1. The Kier molecular flexibility index (Phi) is 5.19. The Morgan fingerprint density at radius 2 is 1.84 bits per heavy atom. The summed E-state index contributed by atoms with van der Waals surface area (Å²) in [6.07, 6.45) is 0. The van der Waals surface area contributed by atoms with Crippen molar-refractivity contribution in [3.8, 4) is 17.2 Å². The van der Waals surface area contributed by atoms with Crippen LogP contribution in [0.5, 0.6) is 5.75 Å². The van der Waals surface area contributed by atoms with E-state index in [0.717, 1.165) is 16.9 Å². The van der Waals surface area contributed by atoms with Gasteiger partial charge in [-0.25, -0.2) is 0 Å². The summed E-state index contributed by atoms with van der Waals surface area (Å²) in [7, 11) is 1.61. The molecular weight excluding hydrogens is 336 g/mol. The van der Waals surface area contributed by atoms with Gasteiger partial charge in [0.1, 0.15) is 5.75 Å². The largest absolute Gasteiger partial charge is 0.497 e. The number of hydrogen-bond donors (Lipinski definition) is 0. The van der Waals surface area contributed by atoms with Gasteiger partial charge in [-0.05, 0) is 55.3 Å². The predicted molar refractivity (Wildman–Crippen MR) is 97.3 cm³/mol. The first-order valence-electron chi connectivity index (χ1n) is 7.78. The monoisotopic (exact) mass is 354 g/mol. The summed E-state index contributed by atoms with van der Waals surface area (Å²) < 4.78 is 10.7. The molecule has 0 unspecified atom stereocenters. The lowest BCUT2D eigenvalue weighted by atomic mass is 10.0. The van der Waals surface area contributed by atoms with Crippen LogP contribution < -0.4 is 4.74 Å². The molecule has 5 nitrogen and oxygen atoms in total. The molecule has 0 fully saturated rings. The van der Waals surface area contributed by atoms with Crippen LogP contribution in [0.1, 0.15) is 21.5 Å². The van der Waals surface area contributed by atoms with Crippen molar-refractivity contribution in [2.75, 3.05) is 12.9 Å². The zero-order valence-corrected chi connectivity index (χ0v) is 15.1. The van der Waals surface area contributed by atoms with Crippen LogP contribution in [0.15, 0.2) is 52.1 Å². The number of benzene rings is 2. The smallest absolute Gasteiger partial charge is 0.277 e. The number of ketones is 1. The molecule has 0 saturated carbocycles. The number of aryl methyl sites for hydroxylation is 2. The van der Waals surface area contributed by atoms with E-state index in [0.29, 0.717) is 16.7 Å². The number of thioether (sulfide) groups is 1. The molecule has 0 aliphatic heterocycles. The maximum atomic E-state index is 12.3. The van der Waals surface area contributed by atoms with Crippen molar-refractivity contribution >= 4 is 17.5 Å². The van der Waals surface area contributed by atoms with Crippen LogP contribution in [-0.2, 0) is 0 Å². The molecule has 6 heteroatoms. The van der Waals surface area contributed by atoms with Gasteiger partial charge in [0, 0.05) is 11.1 Å². The van der Waals surface area contributed by atoms with Gasteiger partial charge in [0.15, 0.2) is 5.78 Å². The Morgan fingerprint density at radius 1 is 1.08 bits per heavy atom. The van der Waals surface area contributed by atoms with E-state index in [1.807, 2.05) is 56.3 Å². The van der Waals surface area contributed by atoms with Crippen LogP contribution in [0, 0.1) is 13.8 Å². The van der Waals surface area contributed by atoms with Crippen LogP contribution in [0.2, 0.25) is 0 Å². The summed E-state index contributed by atoms with van der Waals surface area (Å²) in [6.45, 7) is 4.02. The second-order valence-corrected chi connectivity index (χ2v) is 6.54. The standard InChI is InChI=1S/C19H18N2O3S/c1-12-4-5-15(10-13(12)2)17(22)11-25-19-21-20-18(24-19)14-6-8-16(23-3)9-7-14/h4-10H,11H2,1-3H3. The van der Waals surface area contributed by atoms with Crippen molar-refractivity contribution in [3.63, 3.8) is 0 Å². The second-order valence-electron chi connectivity index (χ2n) is 5.61. The Labute approximate surface area is 150 Å². The second kappa shape index (κ2) is 7.53. The van der Waals surface area contributed by atoms with Crippen LogP contribution in [0.25, 0.3) is 11.5 Å². The topological polar surface area (TPSA) is 65.2 Å². The third-order valence-electron chi connectivity index (χ3n) is 3.90. The van der Waals surface area contributed by atoms with Gasteiger partial charge in [-0.2, -0.15) is 0 Å². The zero-order valence-electron chi connectivity index (χ0n) is 14.3. The number of carbonyl (C=O) groups excluding carboxylic acids is 1. The fourth-order valence-corrected chi connectivity index (χ4v) is 2.90. The Bertz CT molecular complexity index is 888. The molecule has 0 saturated heterocycles. The van der Waals surface area contributed by atoms with Gasteiger partial charge in [-0.1, -0.05) is 23.9 Å². The summed E-state index contributed by atoms with van der Waals surface area (Å²) in [5.74, 6) is 1.48. The molecule has 0 aliphatic rings. The van der Waals surface area contributed by atoms with Gasteiger partial charge >= 0.3 is 0 Å². The van der Waals surface area contributed by atoms with Gasteiger partial charge in [0.2, 0.25) is 5.89 Å². The Balaban J connectivity index is 1.64. The maximum absolute atomic E-state index is 12.3. The summed E-state index contributed by atoms with van der Waals surface area (Å²) in [5.41, 5.74) is 3.78. The van der Waals surface area contributed by atoms with E-state index in [2.05, 4.69) is 10.2 Å². The van der Waals surface area contributed by atoms with E-state index in [1.54, 1.807) is 7.11 Å². The van der Waals surface area contributed by atoms with Crippen LogP contribution >= 0.6 is 11.8 Å². The molecule has 0 spiro atoms. The lowest BCUT2D eigenvalue weighted by Gasteiger charge is -2.03. The van der Waals surface area contributed by atoms with E-state index in [4.69, 9.17) is 9.15 Å².